The van der Waals surface area contributed by atoms with Crippen molar-refractivity contribution in [2.75, 3.05) is 57.0 Å². The van der Waals surface area contributed by atoms with E-state index >= 15 is 0 Å². The summed E-state index contributed by atoms with van der Waals surface area (Å²) in [6.07, 6.45) is 3.09. The second-order valence-electron chi connectivity index (χ2n) is 11.2. The van der Waals surface area contributed by atoms with Gasteiger partial charge in [0.05, 0.1) is 11.3 Å². The first-order valence-corrected chi connectivity index (χ1v) is 14.1. The van der Waals surface area contributed by atoms with Crippen LogP contribution in [0.2, 0.25) is 5.02 Å². The molecule has 2 fully saturated rings. The Bertz CT molecular complexity index is 1490. The number of nitrogens with one attached hydrogen (secondary N) is 1. The average Bonchev–Trinajstić information content (AvgIpc) is 3.34. The molecule has 0 atom stereocenters. The van der Waals surface area contributed by atoms with Gasteiger partial charge in [0, 0.05) is 61.1 Å². The number of amides is 1. The first kappa shape index (κ1) is 26.6. The van der Waals surface area contributed by atoms with Crippen LogP contribution in [0.4, 0.5) is 17.3 Å². The highest BCUT2D eigenvalue weighted by Gasteiger charge is 2.35. The predicted molar refractivity (Wildman–Crippen MR) is 157 cm³/mol. The normalized spacial score (nSPS) is 17.3. The minimum Gasteiger partial charge on any atom is -0.385 e. The van der Waals surface area contributed by atoms with Crippen LogP contribution in [-0.2, 0) is 5.60 Å². The Kier molecular flexibility index (Phi) is 7.12. The Labute approximate surface area is 239 Å². The van der Waals surface area contributed by atoms with Crippen molar-refractivity contribution in [1.29, 1.82) is 0 Å². The van der Waals surface area contributed by atoms with Gasteiger partial charge in [0.1, 0.15) is 0 Å². The molecule has 2 aromatic carbocycles. The summed E-state index contributed by atoms with van der Waals surface area (Å²) >= 11 is 6.04. The van der Waals surface area contributed by atoms with Gasteiger partial charge < -0.3 is 25.1 Å². The van der Waals surface area contributed by atoms with E-state index in [1.54, 1.807) is 4.52 Å². The van der Waals surface area contributed by atoms with Crippen molar-refractivity contribution in [2.24, 2.45) is 5.92 Å². The molecule has 1 amide bonds. The lowest BCUT2D eigenvalue weighted by Gasteiger charge is -2.40. The fraction of sp³-hybridized carbons (Fsp3) is 0.367. The zero-order valence-corrected chi connectivity index (χ0v) is 23.6. The lowest BCUT2D eigenvalue weighted by atomic mass is 9.84. The van der Waals surface area contributed by atoms with E-state index in [1.807, 2.05) is 71.8 Å². The van der Waals surface area contributed by atoms with Crippen LogP contribution in [0, 0.1) is 5.92 Å². The van der Waals surface area contributed by atoms with Crippen molar-refractivity contribution < 1.29 is 9.90 Å². The van der Waals surface area contributed by atoms with Gasteiger partial charge in [0.25, 0.3) is 5.91 Å². The van der Waals surface area contributed by atoms with E-state index in [1.165, 1.54) is 0 Å². The van der Waals surface area contributed by atoms with Gasteiger partial charge in [-0.25, -0.2) is 4.52 Å². The number of nitrogens with zero attached hydrogens (tertiary/aromatic N) is 6. The van der Waals surface area contributed by atoms with Crippen molar-refractivity contribution in [3.8, 4) is 0 Å². The second-order valence-corrected chi connectivity index (χ2v) is 11.6. The number of likely N-dealkylation sites (tertiary alicyclic amines) is 1. The van der Waals surface area contributed by atoms with Crippen LogP contribution in [0.15, 0.2) is 66.9 Å². The molecule has 2 aliphatic heterocycles. The summed E-state index contributed by atoms with van der Waals surface area (Å²) in [5, 5.41) is 19.8. The molecule has 2 aromatic heterocycles. The molecular formula is C30H34ClN7O2. The summed E-state index contributed by atoms with van der Waals surface area (Å²) in [5.74, 6) is 1.10. The van der Waals surface area contributed by atoms with Crippen LogP contribution in [0.3, 0.4) is 0 Å². The van der Waals surface area contributed by atoms with E-state index in [0.717, 1.165) is 42.2 Å². The molecule has 0 bridgehead atoms. The van der Waals surface area contributed by atoms with Crippen LogP contribution >= 0.6 is 11.6 Å². The first-order chi connectivity index (χ1) is 19.3. The Morgan fingerprint density at radius 1 is 1.07 bits per heavy atom. The number of pyridine rings is 1. The minimum absolute atomic E-state index is 0.0709. The lowest BCUT2D eigenvalue weighted by Crippen LogP contribution is -2.53. The number of piperidine rings is 1. The van der Waals surface area contributed by atoms with Crippen molar-refractivity contribution in [3.05, 3.63) is 83.0 Å². The average molecular weight is 560 g/mol. The first-order valence-electron chi connectivity index (χ1n) is 13.7. The number of hydrogen-bond donors (Lipinski definition) is 2. The van der Waals surface area contributed by atoms with Gasteiger partial charge in [0.2, 0.25) is 5.95 Å². The topological polar surface area (TPSA) is 89.2 Å². The molecule has 0 saturated carbocycles. The van der Waals surface area contributed by atoms with Gasteiger partial charge in [-0.05, 0) is 81.0 Å². The Balaban J connectivity index is 1.11. The lowest BCUT2D eigenvalue weighted by molar-refractivity contribution is 0.0118. The maximum atomic E-state index is 12.8. The number of anilines is 3. The molecule has 9 nitrogen and oxygen atoms in total. The molecule has 40 heavy (non-hydrogen) atoms. The number of halogens is 1. The van der Waals surface area contributed by atoms with Crippen molar-refractivity contribution >= 4 is 40.5 Å². The molecule has 10 heteroatoms. The fourth-order valence-corrected chi connectivity index (χ4v) is 5.86. The molecule has 0 aliphatic carbocycles. The molecule has 6 rings (SSSR count). The minimum atomic E-state index is -0.871. The number of hydrogen-bond acceptors (Lipinski definition) is 7. The van der Waals surface area contributed by atoms with Gasteiger partial charge in [-0.2, -0.15) is 4.98 Å². The van der Waals surface area contributed by atoms with Crippen LogP contribution in [0.25, 0.3) is 5.65 Å². The maximum Gasteiger partial charge on any atom is 0.253 e. The largest absolute Gasteiger partial charge is 0.385 e. The molecule has 2 aliphatic rings. The SMILES string of the molecule is CN(C)CC1CN(C(=O)c2ccc(Nc3nc4c(N5CCC(O)(c6ccc(Cl)cc6)CC5)cccn4n3)cc2)C1. The van der Waals surface area contributed by atoms with Crippen LogP contribution in [0.5, 0.6) is 0 Å². The molecule has 0 unspecified atom stereocenters. The summed E-state index contributed by atoms with van der Waals surface area (Å²) in [7, 11) is 4.12. The number of carbonyl (C=O) groups is 1. The van der Waals surface area contributed by atoms with E-state index in [9.17, 15) is 9.90 Å². The highest BCUT2D eigenvalue weighted by Crippen LogP contribution is 2.36. The van der Waals surface area contributed by atoms with E-state index < -0.39 is 5.60 Å². The maximum absolute atomic E-state index is 12.8. The zero-order valence-electron chi connectivity index (χ0n) is 22.8. The highest BCUT2D eigenvalue weighted by atomic mass is 35.5. The van der Waals surface area contributed by atoms with Gasteiger partial charge in [-0.15, -0.1) is 5.10 Å². The molecule has 4 heterocycles. The smallest absolute Gasteiger partial charge is 0.253 e. The number of fused-ring (bicyclic) bond motifs is 1. The number of benzene rings is 2. The molecule has 208 valence electrons. The summed E-state index contributed by atoms with van der Waals surface area (Å²) in [6.45, 7) is 4.00. The molecular weight excluding hydrogens is 526 g/mol. The van der Waals surface area contributed by atoms with E-state index in [-0.39, 0.29) is 5.91 Å². The standard InChI is InChI=1S/C30H34ClN7O2/c1-35(2)18-21-19-37(20-21)28(39)22-5-11-25(12-6-22)32-29-33-27-26(4-3-15-38(27)34-29)36-16-13-30(40,14-17-36)23-7-9-24(31)10-8-23/h3-12,15,21,40H,13-14,16-20H2,1-2H3,(H,32,34). The summed E-state index contributed by atoms with van der Waals surface area (Å²) in [5.41, 5.74) is 3.25. The number of carbonyl (C=O) groups excluding carboxylic acids is 1. The third-order valence-electron chi connectivity index (χ3n) is 7.91. The number of aromatic nitrogens is 3. The molecule has 0 spiro atoms. The van der Waals surface area contributed by atoms with Crippen molar-refractivity contribution in [1.82, 2.24) is 24.4 Å². The van der Waals surface area contributed by atoms with Crippen molar-refractivity contribution in [3.63, 3.8) is 0 Å². The Morgan fingerprint density at radius 2 is 1.77 bits per heavy atom. The van der Waals surface area contributed by atoms with Crippen LogP contribution in [0.1, 0.15) is 28.8 Å². The molecule has 0 radical (unpaired) electrons. The zero-order chi connectivity index (χ0) is 27.9. The summed E-state index contributed by atoms with van der Waals surface area (Å²) in [4.78, 5) is 23.9. The third kappa shape index (κ3) is 5.37. The van der Waals surface area contributed by atoms with E-state index in [2.05, 4.69) is 34.3 Å². The molecule has 2 saturated heterocycles. The fourth-order valence-electron chi connectivity index (χ4n) is 5.73. The predicted octanol–water partition coefficient (Wildman–Crippen LogP) is 4.25. The van der Waals surface area contributed by atoms with Crippen molar-refractivity contribution in [2.45, 2.75) is 18.4 Å². The van der Waals surface area contributed by atoms with Crippen LogP contribution in [-0.4, -0.2) is 82.2 Å². The summed E-state index contributed by atoms with van der Waals surface area (Å²) in [6, 6.07) is 18.9. The second kappa shape index (κ2) is 10.7. The van der Waals surface area contributed by atoms with E-state index in [0.29, 0.717) is 48.4 Å². The van der Waals surface area contributed by atoms with Gasteiger partial charge in [0.15, 0.2) is 5.65 Å². The summed E-state index contributed by atoms with van der Waals surface area (Å²) < 4.78 is 1.77. The highest BCUT2D eigenvalue weighted by molar-refractivity contribution is 6.30. The molecule has 2 N–H and O–H groups in total. The number of rotatable bonds is 7. The number of aliphatic hydroxyl groups is 1. The van der Waals surface area contributed by atoms with Crippen LogP contribution < -0.4 is 10.2 Å². The Hall–Kier alpha value is -3.66. The van der Waals surface area contributed by atoms with Gasteiger partial charge >= 0.3 is 0 Å². The third-order valence-corrected chi connectivity index (χ3v) is 8.16. The molecule has 4 aromatic rings. The monoisotopic (exact) mass is 559 g/mol. The van der Waals surface area contributed by atoms with Gasteiger partial charge in [-0.1, -0.05) is 23.7 Å². The Morgan fingerprint density at radius 3 is 2.45 bits per heavy atom. The van der Waals surface area contributed by atoms with E-state index in [4.69, 9.17) is 16.6 Å². The van der Waals surface area contributed by atoms with Gasteiger partial charge in [-0.3, -0.25) is 4.79 Å². The quantitative estimate of drug-likeness (QED) is 0.350.